The highest BCUT2D eigenvalue weighted by Crippen LogP contribution is 2.20. The number of nitrogens with zero attached hydrogens (tertiary/aromatic N) is 2. The summed E-state index contributed by atoms with van der Waals surface area (Å²) in [5.41, 5.74) is 0.917. The molecule has 0 radical (unpaired) electrons. The average Bonchev–Trinajstić information content (AvgIpc) is 2.72. The number of halogens is 1. The molecule has 0 spiro atoms. The van der Waals surface area contributed by atoms with E-state index in [0.29, 0.717) is 11.3 Å². The van der Waals surface area contributed by atoms with E-state index in [2.05, 4.69) is 10.4 Å². The summed E-state index contributed by atoms with van der Waals surface area (Å²) in [6.07, 6.45) is 3.07. The summed E-state index contributed by atoms with van der Waals surface area (Å²) in [5, 5.41) is 15.8. The predicted octanol–water partition coefficient (Wildman–Crippen LogP) is 1.80. The first-order valence-electron chi connectivity index (χ1n) is 5.30. The Balaban J connectivity index is 2.24. The van der Waals surface area contributed by atoms with Crippen LogP contribution in [0.1, 0.15) is 11.6 Å². The zero-order valence-electron chi connectivity index (χ0n) is 9.67. The van der Waals surface area contributed by atoms with Gasteiger partial charge in [-0.1, -0.05) is 6.07 Å². The van der Waals surface area contributed by atoms with Crippen molar-refractivity contribution in [2.75, 3.05) is 5.32 Å². The lowest BCUT2D eigenvalue weighted by atomic mass is 10.1. The number of nitrogens with one attached hydrogen (secondary N) is 1. The third-order valence-corrected chi connectivity index (χ3v) is 2.44. The molecule has 6 heteroatoms. The standard InChI is InChI=1S/C12H12FN3O2/c1-16-7-8(6-14-16)11(12(17)18)15-10-4-2-3-9(13)5-10/h2-7,11,15H,1H3,(H,17,18). The average molecular weight is 249 g/mol. The van der Waals surface area contributed by atoms with E-state index in [1.807, 2.05) is 0 Å². The molecule has 0 saturated heterocycles. The molecule has 0 aliphatic rings. The van der Waals surface area contributed by atoms with E-state index < -0.39 is 17.8 Å². The van der Waals surface area contributed by atoms with E-state index in [4.69, 9.17) is 0 Å². The summed E-state index contributed by atoms with van der Waals surface area (Å²) in [6.45, 7) is 0. The highest BCUT2D eigenvalue weighted by atomic mass is 19.1. The minimum atomic E-state index is -1.05. The summed E-state index contributed by atoms with van der Waals surface area (Å²) in [4.78, 5) is 11.2. The largest absolute Gasteiger partial charge is 0.479 e. The molecular weight excluding hydrogens is 237 g/mol. The van der Waals surface area contributed by atoms with Crippen molar-refractivity contribution in [3.05, 3.63) is 48.0 Å². The summed E-state index contributed by atoms with van der Waals surface area (Å²) >= 11 is 0. The van der Waals surface area contributed by atoms with Crippen LogP contribution in [0, 0.1) is 5.82 Å². The molecule has 0 aliphatic carbocycles. The predicted molar refractivity (Wildman–Crippen MR) is 63.6 cm³/mol. The molecule has 0 saturated carbocycles. The van der Waals surface area contributed by atoms with E-state index in [1.165, 1.54) is 29.1 Å². The van der Waals surface area contributed by atoms with Crippen molar-refractivity contribution in [3.8, 4) is 0 Å². The van der Waals surface area contributed by atoms with Gasteiger partial charge in [0.25, 0.3) is 0 Å². The third kappa shape index (κ3) is 2.65. The van der Waals surface area contributed by atoms with Gasteiger partial charge in [0.2, 0.25) is 0 Å². The summed E-state index contributed by atoms with van der Waals surface area (Å²) in [7, 11) is 1.70. The van der Waals surface area contributed by atoms with E-state index >= 15 is 0 Å². The SMILES string of the molecule is Cn1cc(C(Nc2cccc(F)c2)C(=O)O)cn1. The van der Waals surface area contributed by atoms with Crippen LogP contribution in [0.3, 0.4) is 0 Å². The number of aliphatic carboxylic acids is 1. The van der Waals surface area contributed by atoms with Gasteiger partial charge < -0.3 is 10.4 Å². The molecule has 5 nitrogen and oxygen atoms in total. The first-order chi connectivity index (χ1) is 8.56. The van der Waals surface area contributed by atoms with Gasteiger partial charge in [-0.2, -0.15) is 5.10 Å². The molecular formula is C12H12FN3O2. The Hall–Kier alpha value is -2.37. The summed E-state index contributed by atoms with van der Waals surface area (Å²) < 4.78 is 14.5. The van der Waals surface area contributed by atoms with Gasteiger partial charge >= 0.3 is 5.97 Å². The molecule has 1 unspecified atom stereocenters. The second-order valence-electron chi connectivity index (χ2n) is 3.87. The minimum absolute atomic E-state index is 0.409. The topological polar surface area (TPSA) is 67.2 Å². The molecule has 2 N–H and O–H groups in total. The fraction of sp³-hybridized carbons (Fsp3) is 0.167. The van der Waals surface area contributed by atoms with Crippen LogP contribution in [0.5, 0.6) is 0 Å². The Kier molecular flexibility index (Phi) is 3.27. The first-order valence-corrected chi connectivity index (χ1v) is 5.30. The smallest absolute Gasteiger partial charge is 0.330 e. The fourth-order valence-corrected chi connectivity index (χ4v) is 1.62. The molecule has 2 aromatic rings. The lowest BCUT2D eigenvalue weighted by Gasteiger charge is -2.14. The van der Waals surface area contributed by atoms with Gasteiger partial charge in [-0.25, -0.2) is 9.18 Å². The van der Waals surface area contributed by atoms with Crippen molar-refractivity contribution >= 4 is 11.7 Å². The third-order valence-electron chi connectivity index (χ3n) is 2.44. The van der Waals surface area contributed by atoms with Crippen molar-refractivity contribution in [1.29, 1.82) is 0 Å². The highest BCUT2D eigenvalue weighted by Gasteiger charge is 2.21. The van der Waals surface area contributed by atoms with Crippen LogP contribution >= 0.6 is 0 Å². The fourth-order valence-electron chi connectivity index (χ4n) is 1.62. The summed E-state index contributed by atoms with van der Waals surface area (Å²) in [5.74, 6) is -1.47. The van der Waals surface area contributed by atoms with Crippen LogP contribution in [0.2, 0.25) is 0 Å². The van der Waals surface area contributed by atoms with Gasteiger partial charge in [0.05, 0.1) is 6.20 Å². The number of carboxylic acid groups (broad SMARTS) is 1. The van der Waals surface area contributed by atoms with Gasteiger partial charge in [0, 0.05) is 24.5 Å². The van der Waals surface area contributed by atoms with E-state index in [0.717, 1.165) is 0 Å². The van der Waals surface area contributed by atoms with Crippen LogP contribution in [-0.4, -0.2) is 20.9 Å². The van der Waals surface area contributed by atoms with Gasteiger partial charge in [0.1, 0.15) is 5.82 Å². The first kappa shape index (κ1) is 12.1. The number of hydrogen-bond donors (Lipinski definition) is 2. The Labute approximate surface area is 103 Å². The van der Waals surface area contributed by atoms with Gasteiger partial charge in [0.15, 0.2) is 6.04 Å². The molecule has 2 rings (SSSR count). The Morgan fingerprint density at radius 3 is 2.89 bits per heavy atom. The Bertz CT molecular complexity index is 568. The van der Waals surface area contributed by atoms with E-state index in [9.17, 15) is 14.3 Å². The number of hydrogen-bond acceptors (Lipinski definition) is 3. The molecule has 18 heavy (non-hydrogen) atoms. The van der Waals surface area contributed by atoms with Gasteiger partial charge in [-0.15, -0.1) is 0 Å². The molecule has 1 aromatic carbocycles. The zero-order valence-corrected chi connectivity index (χ0v) is 9.67. The van der Waals surface area contributed by atoms with Crippen molar-refractivity contribution in [2.45, 2.75) is 6.04 Å². The normalized spacial score (nSPS) is 12.1. The van der Waals surface area contributed by atoms with Crippen molar-refractivity contribution in [3.63, 3.8) is 0 Å². The monoisotopic (exact) mass is 249 g/mol. The molecule has 0 fully saturated rings. The molecule has 94 valence electrons. The van der Waals surface area contributed by atoms with Gasteiger partial charge in [-0.3, -0.25) is 4.68 Å². The maximum atomic E-state index is 13.0. The number of benzene rings is 1. The number of aryl methyl sites for hydroxylation is 1. The van der Waals surface area contributed by atoms with Gasteiger partial charge in [-0.05, 0) is 18.2 Å². The minimum Gasteiger partial charge on any atom is -0.479 e. The number of aromatic nitrogens is 2. The second kappa shape index (κ2) is 4.87. The van der Waals surface area contributed by atoms with Crippen molar-refractivity contribution in [2.24, 2.45) is 7.05 Å². The van der Waals surface area contributed by atoms with Crippen LogP contribution < -0.4 is 5.32 Å². The van der Waals surface area contributed by atoms with E-state index in [1.54, 1.807) is 19.3 Å². The Morgan fingerprint density at radius 1 is 1.56 bits per heavy atom. The molecule has 0 aliphatic heterocycles. The molecule has 1 heterocycles. The van der Waals surface area contributed by atoms with E-state index in [-0.39, 0.29) is 0 Å². The number of carbonyl (C=O) groups is 1. The Morgan fingerprint density at radius 2 is 2.33 bits per heavy atom. The number of rotatable bonds is 4. The zero-order chi connectivity index (χ0) is 13.1. The van der Waals surface area contributed by atoms with Crippen LogP contribution in [-0.2, 0) is 11.8 Å². The van der Waals surface area contributed by atoms with Crippen LogP contribution in [0.15, 0.2) is 36.7 Å². The van der Waals surface area contributed by atoms with Crippen molar-refractivity contribution < 1.29 is 14.3 Å². The number of anilines is 1. The lowest BCUT2D eigenvalue weighted by Crippen LogP contribution is -2.20. The quantitative estimate of drug-likeness (QED) is 0.867. The molecule has 1 aromatic heterocycles. The maximum Gasteiger partial charge on any atom is 0.330 e. The maximum absolute atomic E-state index is 13.0. The summed E-state index contributed by atoms with van der Waals surface area (Å²) in [6, 6.07) is 4.70. The molecule has 1 atom stereocenters. The van der Waals surface area contributed by atoms with Crippen LogP contribution in [0.4, 0.5) is 10.1 Å². The van der Waals surface area contributed by atoms with Crippen LogP contribution in [0.25, 0.3) is 0 Å². The number of carboxylic acids is 1. The second-order valence-corrected chi connectivity index (χ2v) is 3.87. The molecule has 0 amide bonds. The van der Waals surface area contributed by atoms with Crippen molar-refractivity contribution in [1.82, 2.24) is 9.78 Å². The molecule has 0 bridgehead atoms. The highest BCUT2D eigenvalue weighted by molar-refractivity contribution is 5.79. The lowest BCUT2D eigenvalue weighted by molar-refractivity contribution is -0.138.